The van der Waals surface area contributed by atoms with Crippen LogP contribution in [-0.2, 0) is 0 Å². The predicted molar refractivity (Wildman–Crippen MR) is 135 cm³/mol. The van der Waals surface area contributed by atoms with Crippen molar-refractivity contribution in [1.29, 1.82) is 0 Å². The number of methoxy groups -OCH3 is 1. The van der Waals surface area contributed by atoms with Crippen molar-refractivity contribution in [2.75, 3.05) is 19.0 Å². The lowest BCUT2D eigenvalue weighted by atomic mass is 10.0. The van der Waals surface area contributed by atoms with Crippen molar-refractivity contribution in [2.24, 2.45) is 0 Å². The third-order valence-corrected chi connectivity index (χ3v) is 5.73. The third kappa shape index (κ3) is 5.11. The molecule has 0 radical (unpaired) electrons. The Morgan fingerprint density at radius 3 is 2.71 bits per heavy atom. The predicted octanol–water partition coefficient (Wildman–Crippen LogP) is 5.67. The summed E-state index contributed by atoms with van der Waals surface area (Å²) in [7, 11) is 1.63. The molecule has 4 aromatic rings. The van der Waals surface area contributed by atoms with Gasteiger partial charge >= 0.3 is 0 Å². The summed E-state index contributed by atoms with van der Waals surface area (Å²) in [6, 6.07) is 21.6. The molecule has 1 aliphatic heterocycles. The van der Waals surface area contributed by atoms with Crippen molar-refractivity contribution >= 4 is 22.4 Å². The van der Waals surface area contributed by atoms with Crippen LogP contribution in [0.4, 0.5) is 11.5 Å². The van der Waals surface area contributed by atoms with Gasteiger partial charge in [-0.1, -0.05) is 30.0 Å². The van der Waals surface area contributed by atoms with Gasteiger partial charge in [-0.25, -0.2) is 9.97 Å². The minimum Gasteiger partial charge on any atom is -0.493 e. The highest BCUT2D eigenvalue weighted by Crippen LogP contribution is 2.35. The number of hydrogen-bond donors (Lipinski definition) is 2. The first-order chi connectivity index (χ1) is 16.8. The molecule has 0 amide bonds. The summed E-state index contributed by atoms with van der Waals surface area (Å²) < 4.78 is 11.5. The fourth-order valence-corrected chi connectivity index (χ4v) is 3.96. The summed E-state index contributed by atoms with van der Waals surface area (Å²) in [5, 5.41) is 7.78. The molecular formula is C28H26N4O2. The van der Waals surface area contributed by atoms with Crippen molar-refractivity contribution in [3.8, 4) is 29.1 Å². The minimum absolute atomic E-state index is 0.262. The van der Waals surface area contributed by atoms with Crippen molar-refractivity contribution < 1.29 is 9.47 Å². The van der Waals surface area contributed by atoms with Gasteiger partial charge in [0.25, 0.3) is 0 Å². The molecule has 1 unspecified atom stereocenters. The fourth-order valence-electron chi connectivity index (χ4n) is 3.96. The summed E-state index contributed by atoms with van der Waals surface area (Å²) in [5.41, 5.74) is 2.64. The molecule has 5 rings (SSSR count). The van der Waals surface area contributed by atoms with Gasteiger partial charge in [-0.15, -0.1) is 0 Å². The number of hydrogen-bond acceptors (Lipinski definition) is 6. The molecule has 1 fully saturated rings. The third-order valence-electron chi connectivity index (χ3n) is 5.73. The van der Waals surface area contributed by atoms with Crippen molar-refractivity contribution in [3.63, 3.8) is 0 Å². The second-order valence-electron chi connectivity index (χ2n) is 8.13. The van der Waals surface area contributed by atoms with E-state index in [0.29, 0.717) is 17.3 Å². The summed E-state index contributed by atoms with van der Waals surface area (Å²) in [4.78, 5) is 8.90. The molecule has 6 heteroatoms. The molecule has 0 bridgehead atoms. The first-order valence-corrected chi connectivity index (χ1v) is 11.5. The molecule has 170 valence electrons. The standard InChI is InChI=1S/C28H26N4O2/c1-33-27-18-22(13-15-26(27)34-23-8-3-2-4-9-23)32-28-24-17-20(11-14-25(24)30-19-31-28)10-12-21-7-5-6-16-29-21/h2-4,8-9,11,13-15,17-19,21,29H,5-7,16H2,1H3,(H,30,31,32). The number of anilines is 2. The minimum atomic E-state index is 0.262. The van der Waals surface area contributed by atoms with Gasteiger partial charge in [-0.3, -0.25) is 0 Å². The summed E-state index contributed by atoms with van der Waals surface area (Å²) in [6.07, 6.45) is 5.11. The number of nitrogens with one attached hydrogen (secondary N) is 2. The Bertz CT molecular complexity index is 1340. The summed E-state index contributed by atoms with van der Waals surface area (Å²) >= 11 is 0. The molecule has 2 N–H and O–H groups in total. The van der Waals surface area contributed by atoms with Crippen molar-refractivity contribution in [1.82, 2.24) is 15.3 Å². The zero-order valence-corrected chi connectivity index (χ0v) is 19.0. The van der Waals surface area contributed by atoms with Gasteiger partial charge in [0.05, 0.1) is 18.7 Å². The zero-order valence-electron chi connectivity index (χ0n) is 19.0. The molecule has 34 heavy (non-hydrogen) atoms. The maximum atomic E-state index is 5.97. The summed E-state index contributed by atoms with van der Waals surface area (Å²) in [6.45, 7) is 1.04. The number of rotatable bonds is 5. The second kappa shape index (κ2) is 10.2. The number of nitrogens with zero attached hydrogens (tertiary/aromatic N) is 2. The highest BCUT2D eigenvalue weighted by atomic mass is 16.5. The molecule has 0 aliphatic carbocycles. The van der Waals surface area contributed by atoms with Crippen LogP contribution in [0.2, 0.25) is 0 Å². The number of para-hydroxylation sites is 1. The molecule has 1 saturated heterocycles. The monoisotopic (exact) mass is 450 g/mol. The Morgan fingerprint density at radius 1 is 0.971 bits per heavy atom. The Morgan fingerprint density at radius 2 is 1.88 bits per heavy atom. The molecule has 1 atom stereocenters. The average molecular weight is 451 g/mol. The van der Waals surface area contributed by atoms with Crippen LogP contribution in [0.5, 0.6) is 17.2 Å². The number of piperidine rings is 1. The van der Waals surface area contributed by atoms with Crippen molar-refractivity contribution in [2.45, 2.75) is 25.3 Å². The van der Waals surface area contributed by atoms with Crippen LogP contribution in [0.25, 0.3) is 10.9 Å². The van der Waals surface area contributed by atoms with E-state index in [1.807, 2.05) is 66.7 Å². The normalized spacial score (nSPS) is 15.3. The van der Waals surface area contributed by atoms with E-state index in [1.165, 1.54) is 12.8 Å². The lowest BCUT2D eigenvalue weighted by molar-refractivity contribution is 0.379. The molecule has 6 nitrogen and oxygen atoms in total. The van der Waals surface area contributed by atoms with Crippen LogP contribution in [0.15, 0.2) is 73.1 Å². The van der Waals surface area contributed by atoms with Gasteiger partial charge in [0.1, 0.15) is 17.9 Å². The molecule has 3 aromatic carbocycles. The number of fused-ring (bicyclic) bond motifs is 1. The first-order valence-electron chi connectivity index (χ1n) is 11.5. The highest BCUT2D eigenvalue weighted by Gasteiger charge is 2.11. The second-order valence-corrected chi connectivity index (χ2v) is 8.13. The largest absolute Gasteiger partial charge is 0.493 e. The van der Waals surface area contributed by atoms with Crippen LogP contribution in [0.3, 0.4) is 0 Å². The molecule has 0 saturated carbocycles. The molecule has 0 spiro atoms. The smallest absolute Gasteiger partial charge is 0.169 e. The van der Waals surface area contributed by atoms with Crippen LogP contribution in [0.1, 0.15) is 24.8 Å². The topological polar surface area (TPSA) is 68.3 Å². The molecular weight excluding hydrogens is 424 g/mol. The Hall–Kier alpha value is -4.08. The molecule has 1 aliphatic rings. The lowest BCUT2D eigenvalue weighted by Gasteiger charge is -2.17. The van der Waals surface area contributed by atoms with Gasteiger partial charge in [0, 0.05) is 22.7 Å². The van der Waals surface area contributed by atoms with Crippen LogP contribution >= 0.6 is 0 Å². The Balaban J connectivity index is 1.40. The lowest BCUT2D eigenvalue weighted by Crippen LogP contribution is -2.32. The number of aromatic nitrogens is 2. The van der Waals surface area contributed by atoms with Crippen LogP contribution in [0, 0.1) is 11.8 Å². The maximum Gasteiger partial charge on any atom is 0.169 e. The number of ether oxygens (including phenoxy) is 2. The first kappa shape index (κ1) is 21.7. The van der Waals surface area contributed by atoms with E-state index in [9.17, 15) is 0 Å². The Kier molecular flexibility index (Phi) is 6.55. The average Bonchev–Trinajstić information content (AvgIpc) is 2.90. The van der Waals surface area contributed by atoms with Gasteiger partial charge in [0.2, 0.25) is 0 Å². The Labute approximate surface area is 199 Å². The van der Waals surface area contributed by atoms with Crippen LogP contribution in [-0.4, -0.2) is 29.7 Å². The maximum absolute atomic E-state index is 5.97. The van der Waals surface area contributed by atoms with Gasteiger partial charge < -0.3 is 20.1 Å². The van der Waals surface area contributed by atoms with Gasteiger partial charge in [0.15, 0.2) is 11.5 Å². The summed E-state index contributed by atoms with van der Waals surface area (Å²) in [5.74, 6) is 9.40. The number of benzene rings is 3. The van der Waals surface area contributed by atoms with E-state index in [0.717, 1.165) is 40.9 Å². The quantitative estimate of drug-likeness (QED) is 0.382. The highest BCUT2D eigenvalue weighted by molar-refractivity contribution is 5.91. The molecule has 2 heterocycles. The van der Waals surface area contributed by atoms with E-state index in [-0.39, 0.29) is 6.04 Å². The fraction of sp³-hybridized carbons (Fsp3) is 0.214. The van der Waals surface area contributed by atoms with Crippen molar-refractivity contribution in [3.05, 3.63) is 78.6 Å². The molecule has 1 aromatic heterocycles. The van der Waals surface area contributed by atoms with Crippen LogP contribution < -0.4 is 20.1 Å². The van der Waals surface area contributed by atoms with E-state index >= 15 is 0 Å². The van der Waals surface area contributed by atoms with E-state index in [1.54, 1.807) is 13.4 Å². The van der Waals surface area contributed by atoms with Gasteiger partial charge in [-0.05, 0) is 68.3 Å². The zero-order chi connectivity index (χ0) is 23.2. The van der Waals surface area contributed by atoms with E-state index < -0.39 is 0 Å². The SMILES string of the molecule is COc1cc(Nc2ncnc3ccc(C#CC4CCCCN4)cc23)ccc1Oc1ccccc1. The van der Waals surface area contributed by atoms with Gasteiger partial charge in [-0.2, -0.15) is 0 Å². The van der Waals surface area contributed by atoms with E-state index in [4.69, 9.17) is 9.47 Å². The van der Waals surface area contributed by atoms with E-state index in [2.05, 4.69) is 32.4 Å².